The maximum Gasteiger partial charge on any atom is 0.416 e. The van der Waals surface area contributed by atoms with Gasteiger partial charge in [0.05, 0.1) is 5.56 Å². The minimum atomic E-state index is -4.91. The van der Waals surface area contributed by atoms with Crippen LogP contribution in [-0.4, -0.2) is 20.6 Å². The van der Waals surface area contributed by atoms with Crippen molar-refractivity contribution in [2.45, 2.75) is 6.18 Å². The third kappa shape index (κ3) is 4.90. The maximum atomic E-state index is 14.0. The summed E-state index contributed by atoms with van der Waals surface area (Å²) < 4.78 is 71.6. The Morgan fingerprint density at radius 2 is 1.87 bits per heavy atom. The predicted molar refractivity (Wildman–Crippen MR) is 97.0 cm³/mol. The van der Waals surface area contributed by atoms with Gasteiger partial charge in [-0.3, -0.25) is 0 Å². The molecule has 0 aliphatic carbocycles. The second-order valence-corrected chi connectivity index (χ2v) is 6.51. The van der Waals surface area contributed by atoms with E-state index in [4.69, 9.17) is 10.00 Å². The van der Waals surface area contributed by atoms with E-state index in [0.717, 1.165) is 0 Å². The van der Waals surface area contributed by atoms with E-state index in [9.17, 15) is 22.0 Å². The first-order chi connectivity index (χ1) is 14.2. The van der Waals surface area contributed by atoms with E-state index in [1.165, 1.54) is 18.3 Å². The zero-order valence-corrected chi connectivity index (χ0v) is 16.0. The van der Waals surface area contributed by atoms with E-state index in [2.05, 4.69) is 41.9 Å². The van der Waals surface area contributed by atoms with E-state index < -0.39 is 29.1 Å². The normalized spacial score (nSPS) is 11.8. The first-order valence-electron chi connectivity index (χ1n) is 7.82. The number of benzene rings is 2. The van der Waals surface area contributed by atoms with Crippen LogP contribution in [0.2, 0.25) is 0 Å². The van der Waals surface area contributed by atoms with E-state index in [0.29, 0.717) is 10.2 Å². The summed E-state index contributed by atoms with van der Waals surface area (Å²) in [6, 6.07) is 6.34. The third-order valence-electron chi connectivity index (χ3n) is 3.51. The number of tetrazole rings is 1. The Morgan fingerprint density at radius 1 is 1.17 bits per heavy atom. The predicted octanol–water partition coefficient (Wildman–Crippen LogP) is 5.03. The third-order valence-corrected chi connectivity index (χ3v) is 3.96. The number of nitriles is 1. The molecule has 154 valence electrons. The van der Waals surface area contributed by atoms with Crippen LogP contribution >= 0.6 is 15.9 Å². The summed E-state index contributed by atoms with van der Waals surface area (Å²) in [6.07, 6.45) is -3.65. The largest absolute Gasteiger partial charge is 0.451 e. The molecule has 1 heterocycles. The van der Waals surface area contributed by atoms with Crippen molar-refractivity contribution in [2.75, 3.05) is 5.32 Å². The number of H-pyrrole nitrogens is 1. The van der Waals surface area contributed by atoms with Gasteiger partial charge in [0.15, 0.2) is 17.4 Å². The van der Waals surface area contributed by atoms with Crippen molar-refractivity contribution in [1.82, 2.24) is 20.6 Å². The number of aromatic nitrogens is 4. The molecule has 13 heteroatoms. The molecule has 0 spiro atoms. The molecule has 0 fully saturated rings. The fourth-order valence-corrected chi connectivity index (χ4v) is 2.69. The first-order valence-corrected chi connectivity index (χ1v) is 8.62. The summed E-state index contributed by atoms with van der Waals surface area (Å²) in [5, 5.41) is 24.7. The second-order valence-electron chi connectivity index (χ2n) is 5.59. The molecule has 0 bridgehead atoms. The van der Waals surface area contributed by atoms with E-state index in [-0.39, 0.29) is 29.3 Å². The number of hydrogen-bond acceptors (Lipinski definition) is 6. The van der Waals surface area contributed by atoms with Crippen LogP contribution in [-0.2, 0) is 6.18 Å². The van der Waals surface area contributed by atoms with Crippen molar-refractivity contribution >= 4 is 27.2 Å². The van der Waals surface area contributed by atoms with Gasteiger partial charge in [-0.05, 0) is 29.5 Å². The Kier molecular flexibility index (Phi) is 5.97. The topological polar surface area (TPSA) is 99.5 Å². The van der Waals surface area contributed by atoms with E-state index >= 15 is 0 Å². The van der Waals surface area contributed by atoms with Crippen LogP contribution in [0, 0.1) is 23.0 Å². The monoisotopic (exact) mass is 486 g/mol. The molecule has 0 saturated heterocycles. The van der Waals surface area contributed by atoms with Gasteiger partial charge in [-0.25, -0.2) is 8.78 Å². The van der Waals surface area contributed by atoms with Crippen LogP contribution in [0.25, 0.3) is 5.57 Å². The van der Waals surface area contributed by atoms with Crippen LogP contribution in [0.4, 0.5) is 27.6 Å². The van der Waals surface area contributed by atoms with Crippen LogP contribution in [0.15, 0.2) is 41.0 Å². The van der Waals surface area contributed by atoms with Gasteiger partial charge >= 0.3 is 6.18 Å². The Hall–Kier alpha value is -3.53. The molecule has 7 nitrogen and oxygen atoms in total. The van der Waals surface area contributed by atoms with Crippen molar-refractivity contribution in [3.8, 4) is 17.6 Å². The highest BCUT2D eigenvalue weighted by Gasteiger charge is 2.33. The maximum absolute atomic E-state index is 14.0. The average molecular weight is 487 g/mol. The summed E-state index contributed by atoms with van der Waals surface area (Å²) in [6.45, 7) is 0. The van der Waals surface area contributed by atoms with Gasteiger partial charge in [0.25, 0.3) is 0 Å². The number of alkyl halides is 3. The lowest BCUT2D eigenvalue weighted by molar-refractivity contribution is -0.138. The molecule has 0 amide bonds. The summed E-state index contributed by atoms with van der Waals surface area (Å²) in [5.41, 5.74) is -1.12. The highest BCUT2D eigenvalue weighted by molar-refractivity contribution is 9.10. The number of nitrogens with zero attached hydrogens (tertiary/aromatic N) is 4. The van der Waals surface area contributed by atoms with Gasteiger partial charge in [-0.1, -0.05) is 15.9 Å². The van der Waals surface area contributed by atoms with Gasteiger partial charge < -0.3 is 10.1 Å². The van der Waals surface area contributed by atoms with Gasteiger partial charge in [0, 0.05) is 22.4 Å². The average Bonchev–Trinajstić information content (AvgIpc) is 3.18. The molecule has 0 atom stereocenters. The highest BCUT2D eigenvalue weighted by Crippen LogP contribution is 2.36. The minimum absolute atomic E-state index is 0.0327. The molecule has 30 heavy (non-hydrogen) atoms. The molecule has 0 radical (unpaired) electrons. The molecule has 3 aromatic rings. The Bertz CT molecular complexity index is 1120. The van der Waals surface area contributed by atoms with Gasteiger partial charge in [-0.15, -0.1) is 10.2 Å². The lowest BCUT2D eigenvalue weighted by Gasteiger charge is -2.13. The Balaban J connectivity index is 1.87. The van der Waals surface area contributed by atoms with Crippen molar-refractivity contribution < 1.29 is 26.7 Å². The Labute approximate surface area is 173 Å². The number of nitrogens with one attached hydrogen (secondary N) is 2. The van der Waals surface area contributed by atoms with Crippen molar-refractivity contribution in [3.05, 3.63) is 64.0 Å². The highest BCUT2D eigenvalue weighted by atomic mass is 79.9. The van der Waals surface area contributed by atoms with Gasteiger partial charge in [0.1, 0.15) is 17.4 Å². The van der Waals surface area contributed by atoms with Crippen LogP contribution in [0.5, 0.6) is 11.5 Å². The van der Waals surface area contributed by atoms with Crippen LogP contribution in [0.1, 0.15) is 11.4 Å². The lowest BCUT2D eigenvalue weighted by atomic mass is 10.2. The quantitative estimate of drug-likeness (QED) is 0.387. The van der Waals surface area contributed by atoms with E-state index in [1.54, 1.807) is 6.07 Å². The minimum Gasteiger partial charge on any atom is -0.451 e. The number of allylic oxidation sites excluding steroid dienone is 1. The first kappa shape index (κ1) is 21.2. The molecule has 0 unspecified atom stereocenters. The second kappa shape index (κ2) is 8.46. The number of ether oxygens (including phenoxy) is 1. The number of hydrogen-bond donors (Lipinski definition) is 2. The lowest BCUT2D eigenvalue weighted by Crippen LogP contribution is -2.07. The number of aromatic amines is 1. The Morgan fingerprint density at radius 3 is 2.43 bits per heavy atom. The van der Waals surface area contributed by atoms with Crippen molar-refractivity contribution in [2.24, 2.45) is 0 Å². The number of rotatable bonds is 5. The molecule has 1 aromatic heterocycles. The van der Waals surface area contributed by atoms with Crippen LogP contribution in [0.3, 0.4) is 0 Å². The molecule has 3 rings (SSSR count). The molecular formula is C17H8BrF5N6O. The van der Waals surface area contributed by atoms with E-state index in [1.807, 2.05) is 6.07 Å². The summed E-state index contributed by atoms with van der Waals surface area (Å²) in [5.74, 6) is -4.07. The molecule has 0 aliphatic rings. The summed E-state index contributed by atoms with van der Waals surface area (Å²) >= 11 is 3.18. The van der Waals surface area contributed by atoms with Gasteiger partial charge in [-0.2, -0.15) is 23.6 Å². The van der Waals surface area contributed by atoms with Crippen molar-refractivity contribution in [1.29, 1.82) is 5.26 Å². The zero-order chi connectivity index (χ0) is 21.9. The fraction of sp³-hybridized carbons (Fsp3) is 0.0588. The SMILES string of the molecule is N#CC(=CNc1cc(Br)cc(Oc2c(F)cc(C(F)(F)F)cc2F)c1)c1nn[nH]n1. The van der Waals surface area contributed by atoms with Gasteiger partial charge in [0.2, 0.25) is 5.82 Å². The number of halogens is 6. The summed E-state index contributed by atoms with van der Waals surface area (Å²) in [7, 11) is 0. The smallest absolute Gasteiger partial charge is 0.416 e. The summed E-state index contributed by atoms with van der Waals surface area (Å²) in [4.78, 5) is 0. The molecule has 2 aromatic carbocycles. The molecule has 0 saturated carbocycles. The standard InChI is InChI=1S/C17H8BrF5N6O/c18-10-3-11(25-7-8(6-24)16-26-28-29-27-16)5-12(4-10)30-15-13(19)1-9(2-14(15)20)17(21,22)23/h1-5,7,25H,(H,26,27,28,29). The molecular weight excluding hydrogens is 479 g/mol. The number of anilines is 1. The van der Waals surface area contributed by atoms with Crippen molar-refractivity contribution in [3.63, 3.8) is 0 Å². The van der Waals surface area contributed by atoms with Crippen LogP contribution < -0.4 is 10.1 Å². The zero-order valence-electron chi connectivity index (χ0n) is 14.4. The fourth-order valence-electron chi connectivity index (χ4n) is 2.22. The molecule has 2 N–H and O–H groups in total. The molecule has 0 aliphatic heterocycles.